The van der Waals surface area contributed by atoms with E-state index < -0.39 is 23.5 Å². The number of hydrogen-bond donors (Lipinski definition) is 2. The molecule has 0 amide bonds. The van der Waals surface area contributed by atoms with Crippen LogP contribution in [0.1, 0.15) is 169 Å². The first-order chi connectivity index (χ1) is 30.2. The average molecular weight is 853 g/mol. The summed E-state index contributed by atoms with van der Waals surface area (Å²) in [7, 11) is 2.65. The van der Waals surface area contributed by atoms with Crippen LogP contribution in [0.5, 0.6) is 11.8 Å². The van der Waals surface area contributed by atoms with Gasteiger partial charge in [-0.3, -0.25) is 4.79 Å². The number of carbonyl (C=O) groups excluding carboxylic acids is 2. The van der Waals surface area contributed by atoms with Gasteiger partial charge < -0.3 is 37.6 Å². The highest BCUT2D eigenvalue weighted by atomic mass is 16.6. The molecular weight excluding hydrogens is 805 g/mol. The van der Waals surface area contributed by atoms with E-state index in [1.165, 1.54) is 27.1 Å². The summed E-state index contributed by atoms with van der Waals surface area (Å²) in [6, 6.07) is 5.07. The molecule has 18 nitrogen and oxygen atoms in total. The number of fused-ring (bicyclic) bond motifs is 3. The number of methoxy groups -OCH3 is 2. The fourth-order valence-corrected chi connectivity index (χ4v) is 8.19. The standard InChI is InChI=1S/C17H20N2O4.C16H18N2O4.C11H10N2O4/c1-21-17(20)12-9-13(10-7-8-10)18-15-14(12)16(19-23-15)22-11-5-3-2-4-6-11;19-16(20)11-8-12(9-6-7-9)17-14-13(11)15(18-22-14)21-10-4-2-1-3-5-10;1-16-11(15)6-4-7(5-2-3-5)12-10-8(6)9(14)13-17-10/h9-11H,2-8H2,1H3;8-10H,1-7H2,(H,19,20);4-5H,2-3H2,1H3,(H,13,14). The molecule has 326 valence electrons. The van der Waals surface area contributed by atoms with Crippen molar-refractivity contribution in [3.8, 4) is 11.8 Å². The van der Waals surface area contributed by atoms with Gasteiger partial charge in [0.2, 0.25) is 0 Å². The minimum absolute atomic E-state index is 0.0896. The molecule has 0 aliphatic heterocycles. The van der Waals surface area contributed by atoms with Crippen molar-refractivity contribution in [2.24, 2.45) is 0 Å². The molecule has 0 radical (unpaired) electrons. The molecule has 0 unspecified atom stereocenters. The van der Waals surface area contributed by atoms with Gasteiger partial charge in [-0.1, -0.05) is 12.8 Å². The van der Waals surface area contributed by atoms with Crippen LogP contribution in [0.4, 0.5) is 0 Å². The molecule has 11 rings (SSSR count). The van der Waals surface area contributed by atoms with E-state index in [0.717, 1.165) is 107 Å². The number of nitrogens with one attached hydrogen (secondary N) is 1. The van der Waals surface area contributed by atoms with Gasteiger partial charge >= 0.3 is 17.9 Å². The second-order valence-corrected chi connectivity index (χ2v) is 16.7. The summed E-state index contributed by atoms with van der Waals surface area (Å²) in [5.74, 6) is -0.182. The van der Waals surface area contributed by atoms with Crippen LogP contribution in [0.3, 0.4) is 0 Å². The topological polar surface area (TPSA) is 245 Å². The largest absolute Gasteiger partial charge is 0.478 e. The molecule has 5 saturated carbocycles. The van der Waals surface area contributed by atoms with Crippen molar-refractivity contribution in [1.82, 2.24) is 30.4 Å². The molecule has 6 heterocycles. The molecule has 2 N–H and O–H groups in total. The van der Waals surface area contributed by atoms with Gasteiger partial charge in [0.15, 0.2) is 0 Å². The highest BCUT2D eigenvalue weighted by Gasteiger charge is 2.33. The lowest BCUT2D eigenvalue weighted by Gasteiger charge is -2.21. The van der Waals surface area contributed by atoms with Crippen LogP contribution in [0.15, 0.2) is 36.6 Å². The van der Waals surface area contributed by atoms with E-state index in [9.17, 15) is 24.3 Å². The van der Waals surface area contributed by atoms with Gasteiger partial charge in [-0.2, -0.15) is 5.16 Å². The number of hydrogen-bond acceptors (Lipinski definition) is 16. The summed E-state index contributed by atoms with van der Waals surface area (Å²) >= 11 is 0. The predicted octanol–water partition coefficient (Wildman–Crippen LogP) is 8.29. The van der Waals surface area contributed by atoms with Gasteiger partial charge in [0.25, 0.3) is 34.5 Å². The quantitative estimate of drug-likeness (QED) is 0.123. The predicted molar refractivity (Wildman–Crippen MR) is 219 cm³/mol. The third-order valence-electron chi connectivity index (χ3n) is 12.0. The molecule has 62 heavy (non-hydrogen) atoms. The van der Waals surface area contributed by atoms with Crippen LogP contribution >= 0.6 is 0 Å². The van der Waals surface area contributed by atoms with Crippen LogP contribution in [0.2, 0.25) is 0 Å². The van der Waals surface area contributed by atoms with Crippen LogP contribution < -0.4 is 15.0 Å². The number of rotatable bonds is 10. The number of carbonyl (C=O) groups is 3. The maximum atomic E-state index is 12.2. The molecule has 5 aliphatic carbocycles. The number of carboxylic acids is 1. The third-order valence-corrected chi connectivity index (χ3v) is 12.0. The second-order valence-electron chi connectivity index (χ2n) is 16.7. The lowest BCUT2D eigenvalue weighted by atomic mass is 9.98. The van der Waals surface area contributed by atoms with E-state index in [1.54, 1.807) is 18.2 Å². The van der Waals surface area contributed by atoms with Crippen molar-refractivity contribution in [3.63, 3.8) is 0 Å². The van der Waals surface area contributed by atoms with Crippen molar-refractivity contribution in [3.05, 3.63) is 62.3 Å². The van der Waals surface area contributed by atoms with Gasteiger partial charge in [-0.25, -0.2) is 29.3 Å². The summed E-state index contributed by atoms with van der Waals surface area (Å²) in [5, 5.41) is 20.7. The van der Waals surface area contributed by atoms with E-state index >= 15 is 0 Å². The Kier molecular flexibility index (Phi) is 11.6. The van der Waals surface area contributed by atoms with Crippen molar-refractivity contribution >= 4 is 51.2 Å². The Balaban J connectivity index is 0.000000120. The van der Waals surface area contributed by atoms with Crippen LogP contribution in [-0.4, -0.2) is 79.9 Å². The molecular formula is C44H48N6O12. The molecule has 18 heteroatoms. The number of aromatic carboxylic acids is 1. The van der Waals surface area contributed by atoms with E-state index in [2.05, 4.69) is 35.2 Å². The van der Waals surface area contributed by atoms with E-state index in [-0.39, 0.29) is 46.0 Å². The lowest BCUT2D eigenvalue weighted by Crippen LogP contribution is -2.20. The first-order valence-electron chi connectivity index (χ1n) is 21.5. The minimum atomic E-state index is -0.994. The highest BCUT2D eigenvalue weighted by Crippen LogP contribution is 2.43. The Morgan fingerprint density at radius 3 is 1.40 bits per heavy atom. The summed E-state index contributed by atoms with van der Waals surface area (Å²) in [5.41, 5.74) is 3.60. The Bertz CT molecular complexity index is 2670. The zero-order valence-electron chi connectivity index (χ0n) is 34.6. The molecule has 0 aromatic carbocycles. The van der Waals surface area contributed by atoms with Gasteiger partial charge in [0.1, 0.15) is 28.4 Å². The Morgan fingerprint density at radius 2 is 0.984 bits per heavy atom. The van der Waals surface area contributed by atoms with Gasteiger partial charge in [0.05, 0.1) is 30.9 Å². The van der Waals surface area contributed by atoms with Gasteiger partial charge in [-0.15, -0.1) is 0 Å². The number of ether oxygens (including phenoxy) is 4. The monoisotopic (exact) mass is 852 g/mol. The average Bonchev–Trinajstić information content (AvgIpc) is 4.22. The molecule has 0 bridgehead atoms. The van der Waals surface area contributed by atoms with E-state index in [1.807, 2.05) is 0 Å². The second kappa shape index (κ2) is 17.6. The highest BCUT2D eigenvalue weighted by molar-refractivity contribution is 6.05. The van der Waals surface area contributed by atoms with E-state index in [0.29, 0.717) is 45.7 Å². The zero-order valence-corrected chi connectivity index (χ0v) is 34.6. The molecule has 0 atom stereocenters. The number of nitrogens with zero attached hydrogens (tertiary/aromatic N) is 5. The number of esters is 2. The molecule has 5 fully saturated rings. The summed E-state index contributed by atoms with van der Waals surface area (Å²) in [4.78, 5) is 60.1. The Hall–Kier alpha value is -6.33. The summed E-state index contributed by atoms with van der Waals surface area (Å²) in [6.45, 7) is 0. The number of aromatic amines is 1. The maximum Gasteiger partial charge on any atom is 0.338 e. The molecule has 6 aromatic rings. The smallest absolute Gasteiger partial charge is 0.338 e. The maximum absolute atomic E-state index is 12.2. The number of aromatic nitrogens is 6. The summed E-state index contributed by atoms with van der Waals surface area (Å²) in [6.07, 6.45) is 17.7. The lowest BCUT2D eigenvalue weighted by molar-refractivity contribution is 0.0593. The van der Waals surface area contributed by atoms with Crippen molar-refractivity contribution in [2.45, 2.75) is 133 Å². The molecule has 6 aromatic heterocycles. The molecule has 5 aliphatic rings. The Morgan fingerprint density at radius 1 is 0.581 bits per heavy atom. The van der Waals surface area contributed by atoms with Crippen molar-refractivity contribution in [1.29, 1.82) is 0 Å². The van der Waals surface area contributed by atoms with Crippen LogP contribution in [-0.2, 0) is 9.47 Å². The SMILES string of the molecule is COC(=O)c1cc(C2CC2)nc2o[nH]c(=O)c12.COC(=O)c1cc(C2CC2)nc2onc(OC3CCCCC3)c12.O=C(O)c1cc(C2CC2)nc2onc(OC3CCCCC3)c12. The molecule has 0 spiro atoms. The first-order valence-corrected chi connectivity index (χ1v) is 21.5. The number of pyridine rings is 3. The third kappa shape index (κ3) is 8.85. The van der Waals surface area contributed by atoms with Crippen LogP contribution in [0, 0.1) is 0 Å². The zero-order chi connectivity index (χ0) is 42.9. The first kappa shape index (κ1) is 41.0. The fourth-order valence-electron chi connectivity index (χ4n) is 8.19. The fraction of sp³-hybridized carbons (Fsp3) is 0.523. The van der Waals surface area contributed by atoms with Crippen molar-refractivity contribution < 1.29 is 52.0 Å². The number of carboxylic acid groups (broad SMARTS) is 1. The summed E-state index contributed by atoms with van der Waals surface area (Å²) < 4.78 is 37.0. The van der Waals surface area contributed by atoms with E-state index in [4.69, 9.17) is 27.8 Å². The van der Waals surface area contributed by atoms with Crippen molar-refractivity contribution in [2.75, 3.05) is 14.2 Å². The van der Waals surface area contributed by atoms with Gasteiger partial charge in [-0.05, 0) is 118 Å². The molecule has 0 saturated heterocycles. The van der Waals surface area contributed by atoms with Gasteiger partial charge in [0, 0.05) is 34.8 Å². The van der Waals surface area contributed by atoms with Crippen LogP contribution in [0.25, 0.3) is 33.3 Å². The normalized spacial score (nSPS) is 18.1. The minimum Gasteiger partial charge on any atom is -0.478 e. The Labute approximate surface area is 354 Å². The number of H-pyrrole nitrogens is 1.